The van der Waals surface area contributed by atoms with Crippen molar-refractivity contribution >= 4 is 11.8 Å². The maximum absolute atomic E-state index is 11.9. The van der Waals surface area contributed by atoms with Crippen molar-refractivity contribution in [2.24, 2.45) is 5.92 Å². The quantitative estimate of drug-likeness (QED) is 0.453. The lowest BCUT2D eigenvalue weighted by Crippen LogP contribution is -2.28. The highest BCUT2D eigenvalue weighted by Gasteiger charge is 2.05. The van der Waals surface area contributed by atoms with Crippen LogP contribution in [0.5, 0.6) is 0 Å². The van der Waals surface area contributed by atoms with Crippen molar-refractivity contribution in [3.8, 4) is 0 Å². The van der Waals surface area contributed by atoms with Crippen LogP contribution in [0.25, 0.3) is 0 Å². The smallest absolute Gasteiger partial charge is 0.245 e. The molecule has 0 aliphatic rings. The number of ether oxygens (including phenoxy) is 1. The molecule has 0 aliphatic heterocycles. The zero-order chi connectivity index (χ0) is 19.9. The summed E-state index contributed by atoms with van der Waals surface area (Å²) in [6.07, 6.45) is 7.18. The van der Waals surface area contributed by atoms with E-state index in [1.165, 1.54) is 6.42 Å². The average Bonchev–Trinajstić information content (AvgIpc) is 3.08. The number of aryl methyl sites for hydroxylation is 1. The number of rotatable bonds is 15. The van der Waals surface area contributed by atoms with Gasteiger partial charge < -0.3 is 15.4 Å². The Balaban J connectivity index is 2.04. The van der Waals surface area contributed by atoms with Crippen molar-refractivity contribution in [3.63, 3.8) is 0 Å². The first-order valence-electron chi connectivity index (χ1n) is 10.0. The van der Waals surface area contributed by atoms with E-state index in [0.29, 0.717) is 32.0 Å². The zero-order valence-corrected chi connectivity index (χ0v) is 17.0. The van der Waals surface area contributed by atoms with Crippen molar-refractivity contribution < 1.29 is 14.3 Å². The van der Waals surface area contributed by atoms with Crippen LogP contribution in [-0.2, 0) is 27.4 Å². The zero-order valence-electron chi connectivity index (χ0n) is 17.0. The molecule has 27 heavy (non-hydrogen) atoms. The maximum Gasteiger partial charge on any atom is 0.245 e. The van der Waals surface area contributed by atoms with Gasteiger partial charge >= 0.3 is 0 Å². The molecule has 0 atom stereocenters. The molecule has 8 nitrogen and oxygen atoms in total. The number of hydrogen-bond acceptors (Lipinski definition) is 5. The maximum atomic E-state index is 11.9. The molecular weight excluding hydrogens is 346 g/mol. The van der Waals surface area contributed by atoms with E-state index >= 15 is 0 Å². The van der Waals surface area contributed by atoms with E-state index in [0.717, 1.165) is 37.9 Å². The topological polar surface area (TPSA) is 98.1 Å². The predicted octanol–water partition coefficient (Wildman–Crippen LogP) is 2.04. The number of nitrogens with zero attached hydrogens (tertiary/aromatic N) is 3. The van der Waals surface area contributed by atoms with Crippen LogP contribution in [0.3, 0.4) is 0 Å². The molecule has 0 aromatic carbocycles. The molecule has 0 unspecified atom stereocenters. The summed E-state index contributed by atoms with van der Waals surface area (Å²) >= 11 is 0. The van der Waals surface area contributed by atoms with Gasteiger partial charge in [-0.2, -0.15) is 0 Å². The standard InChI is InChI=1S/C19H35N5O3/c1-4-27-15-19(26)20-11-7-5-6-10-18(25)21-13-17-14-24(23-22-17)12-8-9-16(2)3/h14,16H,4-13,15H2,1-3H3,(H,20,26)(H,21,25). The van der Waals surface area contributed by atoms with Gasteiger partial charge in [0.1, 0.15) is 12.3 Å². The van der Waals surface area contributed by atoms with Crippen LogP contribution in [0.1, 0.15) is 65.0 Å². The first-order chi connectivity index (χ1) is 13.0. The highest BCUT2D eigenvalue weighted by Crippen LogP contribution is 2.05. The molecule has 8 heteroatoms. The van der Waals surface area contributed by atoms with Crippen molar-refractivity contribution in [3.05, 3.63) is 11.9 Å². The molecule has 2 amide bonds. The third kappa shape index (κ3) is 12.1. The number of amides is 2. The fraction of sp³-hybridized carbons (Fsp3) is 0.789. The van der Waals surface area contributed by atoms with Gasteiger partial charge in [-0.3, -0.25) is 14.3 Å². The first-order valence-corrected chi connectivity index (χ1v) is 10.0. The summed E-state index contributed by atoms with van der Waals surface area (Å²) in [4.78, 5) is 23.2. The van der Waals surface area contributed by atoms with E-state index in [2.05, 4.69) is 34.8 Å². The molecule has 154 valence electrons. The molecule has 1 aromatic rings. The Morgan fingerprint density at radius 3 is 2.70 bits per heavy atom. The normalized spacial score (nSPS) is 11.0. The first kappa shape index (κ1) is 23.1. The van der Waals surface area contributed by atoms with Crippen LogP contribution < -0.4 is 10.6 Å². The van der Waals surface area contributed by atoms with Crippen molar-refractivity contribution in [2.75, 3.05) is 19.8 Å². The summed E-state index contributed by atoms with van der Waals surface area (Å²) < 4.78 is 6.86. The van der Waals surface area contributed by atoms with Crippen LogP contribution in [0, 0.1) is 5.92 Å². The summed E-state index contributed by atoms with van der Waals surface area (Å²) in [5.41, 5.74) is 0.782. The lowest BCUT2D eigenvalue weighted by molar-refractivity contribution is -0.125. The largest absolute Gasteiger partial charge is 0.372 e. The Bertz CT molecular complexity index is 545. The number of carbonyl (C=O) groups is 2. The molecule has 2 N–H and O–H groups in total. The van der Waals surface area contributed by atoms with Crippen molar-refractivity contribution in [2.45, 2.75) is 72.4 Å². The van der Waals surface area contributed by atoms with Crippen LogP contribution in [0.2, 0.25) is 0 Å². The summed E-state index contributed by atoms with van der Waals surface area (Å²) in [6, 6.07) is 0. The highest BCUT2D eigenvalue weighted by molar-refractivity contribution is 5.77. The molecule has 0 fully saturated rings. The van der Waals surface area contributed by atoms with Gasteiger partial charge in [0.2, 0.25) is 11.8 Å². The molecule has 0 aliphatic carbocycles. The molecule has 0 spiro atoms. The van der Waals surface area contributed by atoms with Crippen LogP contribution >= 0.6 is 0 Å². The number of nitrogens with one attached hydrogen (secondary N) is 2. The number of hydrogen-bond donors (Lipinski definition) is 2. The Morgan fingerprint density at radius 2 is 1.96 bits per heavy atom. The van der Waals surface area contributed by atoms with Gasteiger partial charge in [-0.15, -0.1) is 5.10 Å². The average molecular weight is 382 g/mol. The minimum atomic E-state index is -0.0909. The molecule has 0 radical (unpaired) electrons. The minimum Gasteiger partial charge on any atom is -0.372 e. The van der Waals surface area contributed by atoms with E-state index < -0.39 is 0 Å². The number of aromatic nitrogens is 3. The summed E-state index contributed by atoms with van der Waals surface area (Å²) in [7, 11) is 0. The molecular formula is C19H35N5O3. The second-order valence-electron chi connectivity index (χ2n) is 7.08. The SMILES string of the molecule is CCOCC(=O)NCCCCCC(=O)NCc1cn(CCCC(C)C)nn1. The molecule has 1 heterocycles. The Kier molecular flexibility index (Phi) is 12.1. The number of unbranched alkanes of at least 4 members (excludes halogenated alkanes) is 2. The highest BCUT2D eigenvalue weighted by atomic mass is 16.5. The molecule has 0 bridgehead atoms. The van der Waals surface area contributed by atoms with Crippen LogP contribution in [-0.4, -0.2) is 46.6 Å². The van der Waals surface area contributed by atoms with E-state index in [1.54, 1.807) is 0 Å². The second kappa shape index (κ2) is 14.1. The molecule has 0 saturated carbocycles. The molecule has 0 saturated heterocycles. The fourth-order valence-corrected chi connectivity index (χ4v) is 2.53. The second-order valence-corrected chi connectivity index (χ2v) is 7.08. The van der Waals surface area contributed by atoms with Crippen molar-refractivity contribution in [1.82, 2.24) is 25.6 Å². The lowest BCUT2D eigenvalue weighted by Gasteiger charge is -2.05. The van der Waals surface area contributed by atoms with E-state index in [1.807, 2.05) is 17.8 Å². The van der Waals surface area contributed by atoms with Gasteiger partial charge in [0.15, 0.2) is 0 Å². The molecule has 1 rings (SSSR count). The number of carbonyl (C=O) groups excluding carboxylic acids is 2. The minimum absolute atomic E-state index is 0.0183. The van der Waals surface area contributed by atoms with E-state index in [-0.39, 0.29) is 18.4 Å². The van der Waals surface area contributed by atoms with Gasteiger partial charge in [0.25, 0.3) is 0 Å². The Labute approximate surface area is 162 Å². The lowest BCUT2D eigenvalue weighted by atomic mass is 10.1. The summed E-state index contributed by atoms with van der Waals surface area (Å²) in [5, 5.41) is 13.9. The summed E-state index contributed by atoms with van der Waals surface area (Å²) in [6.45, 7) is 8.82. The van der Waals surface area contributed by atoms with Crippen LogP contribution in [0.15, 0.2) is 6.20 Å². The third-order valence-electron chi connectivity index (χ3n) is 4.06. The predicted molar refractivity (Wildman–Crippen MR) is 104 cm³/mol. The van der Waals surface area contributed by atoms with Gasteiger partial charge in [-0.25, -0.2) is 0 Å². The monoisotopic (exact) mass is 381 g/mol. The van der Waals surface area contributed by atoms with E-state index in [4.69, 9.17) is 4.74 Å². The van der Waals surface area contributed by atoms with Gasteiger partial charge in [0.05, 0.1) is 12.7 Å². The Morgan fingerprint density at radius 1 is 1.15 bits per heavy atom. The van der Waals surface area contributed by atoms with E-state index in [9.17, 15) is 9.59 Å². The summed E-state index contributed by atoms with van der Waals surface area (Å²) in [5.74, 6) is 0.621. The molecule has 1 aromatic heterocycles. The fourth-order valence-electron chi connectivity index (χ4n) is 2.53. The van der Waals surface area contributed by atoms with Gasteiger partial charge in [-0.1, -0.05) is 25.5 Å². The van der Waals surface area contributed by atoms with Crippen LogP contribution in [0.4, 0.5) is 0 Å². The third-order valence-corrected chi connectivity index (χ3v) is 4.06. The Hall–Kier alpha value is -1.96. The van der Waals surface area contributed by atoms with Gasteiger partial charge in [0, 0.05) is 26.1 Å². The van der Waals surface area contributed by atoms with Crippen molar-refractivity contribution in [1.29, 1.82) is 0 Å². The van der Waals surface area contributed by atoms with Gasteiger partial charge in [-0.05, 0) is 38.5 Å².